The van der Waals surface area contributed by atoms with Gasteiger partial charge in [0.25, 0.3) is 0 Å². The van der Waals surface area contributed by atoms with Crippen LogP contribution in [0.2, 0.25) is 0 Å². The Balaban J connectivity index is 1.94. The number of carbonyl (C=O) groups is 1. The van der Waals surface area contributed by atoms with E-state index in [0.29, 0.717) is 12.0 Å². The summed E-state index contributed by atoms with van der Waals surface area (Å²) in [6.07, 6.45) is 1.72. The molecular weight excluding hydrogens is 256 g/mol. The zero-order valence-corrected chi connectivity index (χ0v) is 12.0. The third-order valence-electron chi connectivity index (χ3n) is 3.66. The molecule has 1 aromatic carbocycles. The van der Waals surface area contributed by atoms with Crippen LogP contribution in [-0.2, 0) is 9.47 Å². The number of hydrogen-bond acceptors (Lipinski definition) is 4. The van der Waals surface area contributed by atoms with Crippen molar-refractivity contribution in [2.45, 2.75) is 25.8 Å². The number of nitrogens with one attached hydrogen (secondary N) is 2. The molecule has 1 aromatic rings. The van der Waals surface area contributed by atoms with Crippen molar-refractivity contribution < 1.29 is 14.3 Å². The molecule has 1 aliphatic heterocycles. The predicted octanol–water partition coefficient (Wildman–Crippen LogP) is 3.09. The van der Waals surface area contributed by atoms with Gasteiger partial charge in [0.15, 0.2) is 0 Å². The maximum absolute atomic E-state index is 11.2. The van der Waals surface area contributed by atoms with Gasteiger partial charge in [-0.2, -0.15) is 0 Å². The topological polar surface area (TPSA) is 59.6 Å². The number of ether oxygens (including phenoxy) is 2. The lowest BCUT2D eigenvalue weighted by Crippen LogP contribution is -2.30. The van der Waals surface area contributed by atoms with Crippen LogP contribution in [0.15, 0.2) is 24.3 Å². The van der Waals surface area contributed by atoms with E-state index in [0.717, 1.165) is 37.4 Å². The Bertz CT molecular complexity index is 444. The molecule has 0 saturated carbocycles. The first-order valence-corrected chi connectivity index (χ1v) is 6.98. The Morgan fingerprint density at radius 2 is 2.05 bits per heavy atom. The Morgan fingerprint density at radius 3 is 2.75 bits per heavy atom. The Morgan fingerprint density at radius 1 is 1.35 bits per heavy atom. The first-order valence-electron chi connectivity index (χ1n) is 6.98. The average Bonchev–Trinajstić information content (AvgIpc) is 2.48. The van der Waals surface area contributed by atoms with Crippen LogP contribution in [0.5, 0.6) is 0 Å². The number of benzene rings is 1. The lowest BCUT2D eigenvalue weighted by atomic mass is 9.93. The number of carbonyl (C=O) groups excluding carboxylic acids is 1. The largest absolute Gasteiger partial charge is 0.453 e. The summed E-state index contributed by atoms with van der Waals surface area (Å²) >= 11 is 0. The lowest BCUT2D eigenvalue weighted by molar-refractivity contribution is 0.0622. The second kappa shape index (κ2) is 7.14. The van der Waals surface area contributed by atoms with E-state index in [1.807, 2.05) is 24.3 Å². The summed E-state index contributed by atoms with van der Waals surface area (Å²) in [5.74, 6) is 0.626. The Kier molecular flexibility index (Phi) is 5.24. The fourth-order valence-electron chi connectivity index (χ4n) is 2.45. The molecule has 2 N–H and O–H groups in total. The van der Waals surface area contributed by atoms with Gasteiger partial charge in [-0.1, -0.05) is 6.07 Å². The van der Waals surface area contributed by atoms with Gasteiger partial charge < -0.3 is 14.8 Å². The number of amides is 1. The molecule has 5 heteroatoms. The van der Waals surface area contributed by atoms with E-state index in [9.17, 15) is 4.79 Å². The molecule has 0 aliphatic carbocycles. The van der Waals surface area contributed by atoms with Crippen molar-refractivity contribution in [3.8, 4) is 0 Å². The highest BCUT2D eigenvalue weighted by Crippen LogP contribution is 2.23. The van der Waals surface area contributed by atoms with Gasteiger partial charge in [-0.25, -0.2) is 4.79 Å². The van der Waals surface area contributed by atoms with E-state index in [-0.39, 0.29) is 0 Å². The summed E-state index contributed by atoms with van der Waals surface area (Å²) in [6, 6.07) is 8.03. The van der Waals surface area contributed by atoms with Crippen LogP contribution >= 0.6 is 0 Å². The highest BCUT2D eigenvalue weighted by Gasteiger charge is 2.20. The standard InChI is InChI=1S/C15H22N2O3/c1-11(12-6-8-20-9-7-12)16-13-4-3-5-14(10-13)17-15(18)19-2/h3-5,10-12,16H,6-9H2,1-2H3,(H,17,18). The normalized spacial score (nSPS) is 17.3. The maximum atomic E-state index is 11.2. The van der Waals surface area contributed by atoms with E-state index in [1.54, 1.807) is 0 Å². The quantitative estimate of drug-likeness (QED) is 0.888. The summed E-state index contributed by atoms with van der Waals surface area (Å²) in [6.45, 7) is 3.89. The highest BCUT2D eigenvalue weighted by molar-refractivity contribution is 5.85. The van der Waals surface area contributed by atoms with Crippen LogP contribution in [0.4, 0.5) is 16.2 Å². The smallest absolute Gasteiger partial charge is 0.411 e. The molecule has 1 heterocycles. The first kappa shape index (κ1) is 14.7. The van der Waals surface area contributed by atoms with E-state index < -0.39 is 6.09 Å². The van der Waals surface area contributed by atoms with Crippen molar-refractivity contribution in [3.63, 3.8) is 0 Å². The van der Waals surface area contributed by atoms with Gasteiger partial charge in [0.1, 0.15) is 0 Å². The van der Waals surface area contributed by atoms with Crippen LogP contribution in [0.1, 0.15) is 19.8 Å². The molecule has 110 valence electrons. The second-order valence-electron chi connectivity index (χ2n) is 5.08. The van der Waals surface area contributed by atoms with Gasteiger partial charge in [-0.05, 0) is 43.9 Å². The fraction of sp³-hybridized carbons (Fsp3) is 0.533. The molecule has 1 saturated heterocycles. The van der Waals surface area contributed by atoms with Gasteiger partial charge in [0, 0.05) is 30.6 Å². The summed E-state index contributed by atoms with van der Waals surface area (Å²) in [5, 5.41) is 6.16. The molecule has 0 spiro atoms. The Labute approximate surface area is 119 Å². The molecule has 5 nitrogen and oxygen atoms in total. The first-order chi connectivity index (χ1) is 9.69. The van der Waals surface area contributed by atoms with Crippen molar-refractivity contribution in [3.05, 3.63) is 24.3 Å². The minimum Gasteiger partial charge on any atom is -0.453 e. The molecule has 1 fully saturated rings. The molecule has 20 heavy (non-hydrogen) atoms. The summed E-state index contributed by atoms with van der Waals surface area (Å²) in [7, 11) is 1.35. The molecule has 1 aliphatic rings. The molecule has 1 atom stereocenters. The highest BCUT2D eigenvalue weighted by atomic mass is 16.5. The molecule has 1 amide bonds. The molecule has 1 unspecified atom stereocenters. The van der Waals surface area contributed by atoms with E-state index in [1.165, 1.54) is 7.11 Å². The van der Waals surface area contributed by atoms with Crippen LogP contribution in [0.25, 0.3) is 0 Å². The van der Waals surface area contributed by atoms with E-state index >= 15 is 0 Å². The summed E-state index contributed by atoms with van der Waals surface area (Å²) in [4.78, 5) is 11.2. The van der Waals surface area contributed by atoms with E-state index in [2.05, 4.69) is 22.3 Å². The zero-order chi connectivity index (χ0) is 14.4. The number of hydrogen-bond donors (Lipinski definition) is 2. The van der Waals surface area contributed by atoms with Crippen molar-refractivity contribution in [1.82, 2.24) is 0 Å². The zero-order valence-electron chi connectivity index (χ0n) is 12.0. The van der Waals surface area contributed by atoms with Gasteiger partial charge >= 0.3 is 6.09 Å². The van der Waals surface area contributed by atoms with Gasteiger partial charge in [-0.15, -0.1) is 0 Å². The average molecular weight is 278 g/mol. The van der Waals surface area contributed by atoms with Gasteiger partial charge in [0.05, 0.1) is 7.11 Å². The van der Waals surface area contributed by atoms with Gasteiger partial charge in [0.2, 0.25) is 0 Å². The number of anilines is 2. The monoisotopic (exact) mass is 278 g/mol. The SMILES string of the molecule is COC(=O)Nc1cccc(NC(C)C2CCOCC2)c1. The van der Waals surface area contributed by atoms with Gasteiger partial charge in [-0.3, -0.25) is 5.32 Å². The molecule has 0 radical (unpaired) electrons. The summed E-state index contributed by atoms with van der Waals surface area (Å²) < 4.78 is 9.97. The van der Waals surface area contributed by atoms with E-state index in [4.69, 9.17) is 4.74 Å². The number of rotatable bonds is 4. The third kappa shape index (κ3) is 4.13. The summed E-state index contributed by atoms with van der Waals surface area (Å²) in [5.41, 5.74) is 1.72. The minimum atomic E-state index is -0.459. The van der Waals surface area contributed by atoms with Crippen LogP contribution < -0.4 is 10.6 Å². The van der Waals surface area contributed by atoms with Crippen LogP contribution in [0.3, 0.4) is 0 Å². The molecule has 0 bridgehead atoms. The predicted molar refractivity (Wildman–Crippen MR) is 79.1 cm³/mol. The van der Waals surface area contributed by atoms with Crippen molar-refractivity contribution >= 4 is 17.5 Å². The lowest BCUT2D eigenvalue weighted by Gasteiger charge is -2.29. The van der Waals surface area contributed by atoms with Crippen molar-refractivity contribution in [1.29, 1.82) is 0 Å². The Hall–Kier alpha value is -1.75. The fourth-order valence-corrected chi connectivity index (χ4v) is 2.45. The second-order valence-corrected chi connectivity index (χ2v) is 5.08. The molecular formula is C15H22N2O3. The van der Waals surface area contributed by atoms with Crippen LogP contribution in [-0.4, -0.2) is 32.5 Å². The van der Waals surface area contributed by atoms with Crippen LogP contribution in [0, 0.1) is 5.92 Å². The molecule has 0 aromatic heterocycles. The number of methoxy groups -OCH3 is 1. The van der Waals surface area contributed by atoms with Crippen molar-refractivity contribution in [2.75, 3.05) is 31.0 Å². The minimum absolute atomic E-state index is 0.382. The third-order valence-corrected chi connectivity index (χ3v) is 3.66. The maximum Gasteiger partial charge on any atom is 0.411 e. The molecule has 2 rings (SSSR count). The van der Waals surface area contributed by atoms with Crippen molar-refractivity contribution in [2.24, 2.45) is 5.92 Å².